The third-order valence-corrected chi connectivity index (χ3v) is 3.20. The van der Waals surface area contributed by atoms with Crippen LogP contribution in [0.15, 0.2) is 24.3 Å². The molecule has 0 spiro atoms. The summed E-state index contributed by atoms with van der Waals surface area (Å²) in [6.07, 6.45) is 0.261. The van der Waals surface area contributed by atoms with Crippen LogP contribution in [0.3, 0.4) is 0 Å². The van der Waals surface area contributed by atoms with Gasteiger partial charge in [-0.05, 0) is 24.1 Å². The number of carboxylic acids is 1. The van der Waals surface area contributed by atoms with Gasteiger partial charge in [-0.15, -0.1) is 0 Å². The Morgan fingerprint density at radius 2 is 2.40 bits per heavy atom. The predicted octanol–water partition coefficient (Wildman–Crippen LogP) is 1.76. The maximum absolute atomic E-state index is 11.0. The standard InChI is InChI=1S/C15H21NO4/c1-2-7-19-13-5-3-4-12(9-13)10-16-6-8-20-14(11-16)15(17)18/h3-5,9,14H,2,6-8,10-11H2,1H3,(H,17,18). The summed E-state index contributed by atoms with van der Waals surface area (Å²) in [5.41, 5.74) is 1.13. The van der Waals surface area contributed by atoms with E-state index in [1.54, 1.807) is 0 Å². The minimum atomic E-state index is -0.894. The highest BCUT2D eigenvalue weighted by Gasteiger charge is 2.26. The fourth-order valence-electron chi connectivity index (χ4n) is 2.21. The minimum Gasteiger partial charge on any atom is -0.494 e. The highest BCUT2D eigenvalue weighted by atomic mass is 16.5. The number of carbonyl (C=O) groups is 1. The number of hydrogen-bond acceptors (Lipinski definition) is 4. The second-order valence-corrected chi connectivity index (χ2v) is 4.93. The normalized spacial score (nSPS) is 19.8. The molecular formula is C15H21NO4. The van der Waals surface area contributed by atoms with Crippen molar-refractivity contribution in [1.82, 2.24) is 4.90 Å². The molecule has 0 amide bonds. The molecule has 1 aliphatic heterocycles. The second kappa shape index (κ2) is 7.26. The van der Waals surface area contributed by atoms with Gasteiger partial charge in [-0.1, -0.05) is 19.1 Å². The minimum absolute atomic E-state index is 0.426. The zero-order valence-corrected chi connectivity index (χ0v) is 11.7. The van der Waals surface area contributed by atoms with Crippen LogP contribution in [0.5, 0.6) is 5.75 Å². The number of benzene rings is 1. The van der Waals surface area contributed by atoms with E-state index in [4.69, 9.17) is 14.6 Å². The van der Waals surface area contributed by atoms with E-state index in [0.29, 0.717) is 19.8 Å². The van der Waals surface area contributed by atoms with Gasteiger partial charge in [0.1, 0.15) is 5.75 Å². The summed E-state index contributed by atoms with van der Waals surface area (Å²) in [6, 6.07) is 7.96. The molecule has 1 fully saturated rings. The van der Waals surface area contributed by atoms with Crippen molar-refractivity contribution >= 4 is 5.97 Å². The Bertz CT molecular complexity index is 449. The van der Waals surface area contributed by atoms with Crippen molar-refractivity contribution in [3.63, 3.8) is 0 Å². The molecule has 110 valence electrons. The first-order valence-corrected chi connectivity index (χ1v) is 6.97. The molecule has 0 bridgehead atoms. The Balaban J connectivity index is 1.93. The van der Waals surface area contributed by atoms with Crippen LogP contribution >= 0.6 is 0 Å². The molecule has 0 saturated carbocycles. The van der Waals surface area contributed by atoms with Crippen LogP contribution in [-0.2, 0) is 16.1 Å². The lowest BCUT2D eigenvalue weighted by atomic mass is 10.2. The molecule has 1 unspecified atom stereocenters. The van der Waals surface area contributed by atoms with Crippen molar-refractivity contribution in [3.8, 4) is 5.75 Å². The molecule has 1 atom stereocenters. The van der Waals surface area contributed by atoms with E-state index in [-0.39, 0.29) is 0 Å². The smallest absolute Gasteiger partial charge is 0.334 e. The van der Waals surface area contributed by atoms with Crippen LogP contribution < -0.4 is 4.74 Å². The van der Waals surface area contributed by atoms with E-state index in [2.05, 4.69) is 11.8 Å². The number of aliphatic carboxylic acids is 1. The van der Waals surface area contributed by atoms with E-state index >= 15 is 0 Å². The maximum atomic E-state index is 11.0. The van der Waals surface area contributed by atoms with Gasteiger partial charge in [-0.3, -0.25) is 4.90 Å². The fourth-order valence-corrected chi connectivity index (χ4v) is 2.21. The molecule has 0 aliphatic carbocycles. The Labute approximate surface area is 119 Å². The number of morpholine rings is 1. The van der Waals surface area contributed by atoms with Crippen molar-refractivity contribution in [2.75, 3.05) is 26.3 Å². The van der Waals surface area contributed by atoms with Crippen molar-refractivity contribution in [1.29, 1.82) is 0 Å². The number of carboxylic acid groups (broad SMARTS) is 1. The molecule has 1 saturated heterocycles. The predicted molar refractivity (Wildman–Crippen MR) is 74.9 cm³/mol. The SMILES string of the molecule is CCCOc1cccc(CN2CCOC(C(=O)O)C2)c1. The summed E-state index contributed by atoms with van der Waals surface area (Å²) in [6.45, 7) is 5.14. The van der Waals surface area contributed by atoms with Crippen LogP contribution in [0.1, 0.15) is 18.9 Å². The zero-order valence-electron chi connectivity index (χ0n) is 11.7. The van der Waals surface area contributed by atoms with Crippen molar-refractivity contribution in [2.45, 2.75) is 26.0 Å². The third kappa shape index (κ3) is 4.21. The summed E-state index contributed by atoms with van der Waals surface area (Å²) in [7, 11) is 0. The lowest BCUT2D eigenvalue weighted by molar-refractivity contribution is -0.156. The molecule has 0 radical (unpaired) electrons. The lowest BCUT2D eigenvalue weighted by Gasteiger charge is -2.30. The van der Waals surface area contributed by atoms with Gasteiger partial charge < -0.3 is 14.6 Å². The Morgan fingerprint density at radius 1 is 1.55 bits per heavy atom. The molecule has 5 nitrogen and oxygen atoms in total. The van der Waals surface area contributed by atoms with Crippen LogP contribution in [0.2, 0.25) is 0 Å². The highest BCUT2D eigenvalue weighted by molar-refractivity contribution is 5.72. The van der Waals surface area contributed by atoms with Gasteiger partial charge >= 0.3 is 5.97 Å². The number of rotatable bonds is 6. The molecule has 1 aromatic carbocycles. The van der Waals surface area contributed by atoms with Crippen LogP contribution in [0.25, 0.3) is 0 Å². The quantitative estimate of drug-likeness (QED) is 0.860. The van der Waals surface area contributed by atoms with Crippen LogP contribution in [0.4, 0.5) is 0 Å². The number of hydrogen-bond donors (Lipinski definition) is 1. The van der Waals surface area contributed by atoms with E-state index in [0.717, 1.165) is 30.8 Å². The average molecular weight is 279 g/mol. The number of nitrogens with zero attached hydrogens (tertiary/aromatic N) is 1. The van der Waals surface area contributed by atoms with Crippen molar-refractivity contribution < 1.29 is 19.4 Å². The summed E-state index contributed by atoms with van der Waals surface area (Å²) >= 11 is 0. The summed E-state index contributed by atoms with van der Waals surface area (Å²) in [4.78, 5) is 13.1. The largest absolute Gasteiger partial charge is 0.494 e. The topological polar surface area (TPSA) is 59.0 Å². The zero-order chi connectivity index (χ0) is 14.4. The van der Waals surface area contributed by atoms with E-state index in [9.17, 15) is 4.79 Å². The van der Waals surface area contributed by atoms with Crippen molar-refractivity contribution in [2.24, 2.45) is 0 Å². The summed E-state index contributed by atoms with van der Waals surface area (Å²) in [5.74, 6) is -0.0258. The highest BCUT2D eigenvalue weighted by Crippen LogP contribution is 2.16. The first kappa shape index (κ1) is 14.8. The Hall–Kier alpha value is -1.59. The van der Waals surface area contributed by atoms with Gasteiger partial charge in [0, 0.05) is 19.6 Å². The van der Waals surface area contributed by atoms with Gasteiger partial charge in [0.05, 0.1) is 13.2 Å². The van der Waals surface area contributed by atoms with E-state index < -0.39 is 12.1 Å². The Morgan fingerprint density at radius 3 is 3.15 bits per heavy atom. The summed E-state index contributed by atoms with van der Waals surface area (Å²) in [5, 5.41) is 8.99. The monoisotopic (exact) mass is 279 g/mol. The Kier molecular flexibility index (Phi) is 5.38. The van der Waals surface area contributed by atoms with Gasteiger partial charge in [0.25, 0.3) is 0 Å². The molecule has 20 heavy (non-hydrogen) atoms. The molecule has 1 N–H and O–H groups in total. The maximum Gasteiger partial charge on any atom is 0.334 e. The molecule has 0 aromatic heterocycles. The fraction of sp³-hybridized carbons (Fsp3) is 0.533. The van der Waals surface area contributed by atoms with E-state index in [1.807, 2.05) is 24.3 Å². The third-order valence-electron chi connectivity index (χ3n) is 3.20. The van der Waals surface area contributed by atoms with Crippen LogP contribution in [-0.4, -0.2) is 48.4 Å². The molecular weight excluding hydrogens is 258 g/mol. The first-order valence-electron chi connectivity index (χ1n) is 6.97. The van der Waals surface area contributed by atoms with E-state index in [1.165, 1.54) is 0 Å². The first-order chi connectivity index (χ1) is 9.69. The van der Waals surface area contributed by atoms with Gasteiger partial charge in [0.15, 0.2) is 6.10 Å². The average Bonchev–Trinajstić information content (AvgIpc) is 2.46. The molecule has 1 aliphatic rings. The molecule has 1 aromatic rings. The van der Waals surface area contributed by atoms with Gasteiger partial charge in [-0.2, -0.15) is 0 Å². The second-order valence-electron chi connectivity index (χ2n) is 4.93. The van der Waals surface area contributed by atoms with Gasteiger partial charge in [0.2, 0.25) is 0 Å². The molecule has 1 heterocycles. The van der Waals surface area contributed by atoms with Crippen molar-refractivity contribution in [3.05, 3.63) is 29.8 Å². The van der Waals surface area contributed by atoms with Crippen LogP contribution in [0, 0.1) is 0 Å². The number of ether oxygens (including phenoxy) is 2. The van der Waals surface area contributed by atoms with Gasteiger partial charge in [-0.25, -0.2) is 4.79 Å². The molecule has 2 rings (SSSR count). The summed E-state index contributed by atoms with van der Waals surface area (Å²) < 4.78 is 10.8. The lowest BCUT2D eigenvalue weighted by Crippen LogP contribution is -2.45. The molecule has 5 heteroatoms.